The molecule has 1 aliphatic heterocycles. The molecule has 1 aromatic heterocycles. The molecule has 78 valence electrons. The second-order valence-corrected chi connectivity index (χ2v) is 5.77. The number of nitrogens with zero attached hydrogens (tertiary/aromatic N) is 2. The molecule has 0 amide bonds. The number of aryl methyl sites for hydroxylation is 1. The SMILES string of the molecule is Cc1nc2c(s1)CN(CC(C)C)CC2. The number of aromatic nitrogens is 1. The fraction of sp³-hybridized carbons (Fsp3) is 0.727. The molecule has 0 saturated carbocycles. The highest BCUT2D eigenvalue weighted by atomic mass is 32.1. The molecule has 2 heterocycles. The zero-order valence-electron chi connectivity index (χ0n) is 9.21. The molecule has 14 heavy (non-hydrogen) atoms. The van der Waals surface area contributed by atoms with E-state index in [2.05, 4.69) is 30.7 Å². The highest BCUT2D eigenvalue weighted by Gasteiger charge is 2.19. The van der Waals surface area contributed by atoms with Crippen molar-refractivity contribution in [2.45, 2.75) is 33.7 Å². The van der Waals surface area contributed by atoms with Crippen LogP contribution in [0.1, 0.15) is 29.4 Å². The quantitative estimate of drug-likeness (QED) is 0.745. The van der Waals surface area contributed by atoms with E-state index in [1.807, 2.05) is 11.3 Å². The third-order valence-corrected chi connectivity index (χ3v) is 3.54. The Morgan fingerprint density at radius 2 is 2.29 bits per heavy atom. The predicted octanol–water partition coefficient (Wildman–Crippen LogP) is 2.47. The Morgan fingerprint density at radius 1 is 1.50 bits per heavy atom. The average Bonchev–Trinajstić information content (AvgIpc) is 2.42. The normalized spacial score (nSPS) is 17.4. The molecule has 0 N–H and O–H groups in total. The Morgan fingerprint density at radius 3 is 3.00 bits per heavy atom. The van der Waals surface area contributed by atoms with Crippen molar-refractivity contribution in [2.75, 3.05) is 13.1 Å². The molecule has 0 aromatic carbocycles. The Kier molecular flexibility index (Phi) is 2.88. The molecule has 2 rings (SSSR count). The summed E-state index contributed by atoms with van der Waals surface area (Å²) in [6.45, 7) is 10.2. The summed E-state index contributed by atoms with van der Waals surface area (Å²) in [4.78, 5) is 8.60. The summed E-state index contributed by atoms with van der Waals surface area (Å²) < 4.78 is 0. The highest BCUT2D eigenvalue weighted by Crippen LogP contribution is 2.24. The van der Waals surface area contributed by atoms with Gasteiger partial charge in [-0.15, -0.1) is 11.3 Å². The zero-order chi connectivity index (χ0) is 10.1. The second kappa shape index (κ2) is 3.99. The maximum atomic E-state index is 4.56. The van der Waals surface area contributed by atoms with Crippen molar-refractivity contribution >= 4 is 11.3 Å². The first-order valence-electron chi connectivity index (χ1n) is 5.32. The standard InChI is InChI=1S/C11H18N2S/c1-8(2)6-13-5-4-10-11(7-13)14-9(3)12-10/h8H,4-7H2,1-3H3. The third-order valence-electron chi connectivity index (χ3n) is 2.54. The number of thiazole rings is 1. The van der Waals surface area contributed by atoms with E-state index in [4.69, 9.17) is 0 Å². The first kappa shape index (κ1) is 10.1. The van der Waals surface area contributed by atoms with Crippen LogP contribution in [0.15, 0.2) is 0 Å². The van der Waals surface area contributed by atoms with Gasteiger partial charge in [-0.25, -0.2) is 4.98 Å². The van der Waals surface area contributed by atoms with E-state index >= 15 is 0 Å². The van der Waals surface area contributed by atoms with Crippen LogP contribution in [0.2, 0.25) is 0 Å². The van der Waals surface area contributed by atoms with Gasteiger partial charge in [0, 0.05) is 30.9 Å². The summed E-state index contributed by atoms with van der Waals surface area (Å²) in [5.74, 6) is 0.769. The summed E-state index contributed by atoms with van der Waals surface area (Å²) in [6.07, 6.45) is 1.15. The topological polar surface area (TPSA) is 16.1 Å². The van der Waals surface area contributed by atoms with E-state index in [9.17, 15) is 0 Å². The molecule has 0 atom stereocenters. The lowest BCUT2D eigenvalue weighted by molar-refractivity contribution is 0.228. The molecule has 0 unspecified atom stereocenters. The fourth-order valence-electron chi connectivity index (χ4n) is 2.05. The van der Waals surface area contributed by atoms with Crippen LogP contribution in [0, 0.1) is 12.8 Å². The van der Waals surface area contributed by atoms with E-state index in [-0.39, 0.29) is 0 Å². The van der Waals surface area contributed by atoms with Crippen LogP contribution in [0.4, 0.5) is 0 Å². The monoisotopic (exact) mass is 210 g/mol. The molecule has 0 radical (unpaired) electrons. The van der Waals surface area contributed by atoms with Crippen LogP contribution < -0.4 is 0 Å². The van der Waals surface area contributed by atoms with Crippen LogP contribution in [-0.2, 0) is 13.0 Å². The van der Waals surface area contributed by atoms with Crippen LogP contribution in [0.5, 0.6) is 0 Å². The zero-order valence-corrected chi connectivity index (χ0v) is 10.0. The van der Waals surface area contributed by atoms with E-state index < -0.39 is 0 Å². The van der Waals surface area contributed by atoms with Crippen molar-refractivity contribution < 1.29 is 0 Å². The predicted molar refractivity (Wildman–Crippen MR) is 60.7 cm³/mol. The van der Waals surface area contributed by atoms with Crippen LogP contribution in [-0.4, -0.2) is 23.0 Å². The van der Waals surface area contributed by atoms with Crippen molar-refractivity contribution in [1.29, 1.82) is 0 Å². The first-order chi connectivity index (χ1) is 6.65. The number of hydrogen-bond acceptors (Lipinski definition) is 3. The van der Waals surface area contributed by atoms with Gasteiger partial charge in [0.2, 0.25) is 0 Å². The maximum absolute atomic E-state index is 4.56. The van der Waals surface area contributed by atoms with Gasteiger partial charge in [-0.1, -0.05) is 13.8 Å². The number of fused-ring (bicyclic) bond motifs is 1. The van der Waals surface area contributed by atoms with Crippen LogP contribution in [0.3, 0.4) is 0 Å². The molecule has 0 saturated heterocycles. The second-order valence-electron chi connectivity index (χ2n) is 4.48. The highest BCUT2D eigenvalue weighted by molar-refractivity contribution is 7.11. The first-order valence-corrected chi connectivity index (χ1v) is 6.14. The molecule has 0 spiro atoms. The van der Waals surface area contributed by atoms with Crippen molar-refractivity contribution in [1.82, 2.24) is 9.88 Å². The van der Waals surface area contributed by atoms with E-state index in [0.29, 0.717) is 0 Å². The van der Waals surface area contributed by atoms with E-state index in [1.165, 1.54) is 28.7 Å². The summed E-state index contributed by atoms with van der Waals surface area (Å²) in [5, 5.41) is 1.22. The van der Waals surface area contributed by atoms with Gasteiger partial charge in [-0.2, -0.15) is 0 Å². The largest absolute Gasteiger partial charge is 0.298 e. The lowest BCUT2D eigenvalue weighted by atomic mass is 10.1. The molecule has 1 aliphatic rings. The van der Waals surface area contributed by atoms with Gasteiger partial charge in [0.1, 0.15) is 0 Å². The molecule has 0 fully saturated rings. The third kappa shape index (κ3) is 2.15. The van der Waals surface area contributed by atoms with Gasteiger partial charge in [0.05, 0.1) is 10.7 Å². The van der Waals surface area contributed by atoms with Crippen LogP contribution in [0.25, 0.3) is 0 Å². The molecular weight excluding hydrogens is 192 g/mol. The maximum Gasteiger partial charge on any atom is 0.0900 e. The molecule has 0 bridgehead atoms. The van der Waals surface area contributed by atoms with Gasteiger partial charge >= 0.3 is 0 Å². The summed E-state index contributed by atoms with van der Waals surface area (Å²) >= 11 is 1.87. The lowest BCUT2D eigenvalue weighted by Crippen LogP contribution is -2.32. The van der Waals surface area contributed by atoms with E-state index in [1.54, 1.807) is 0 Å². The lowest BCUT2D eigenvalue weighted by Gasteiger charge is -2.27. The Labute approximate surface area is 90.0 Å². The van der Waals surface area contributed by atoms with Crippen molar-refractivity contribution in [3.05, 3.63) is 15.6 Å². The molecule has 2 nitrogen and oxygen atoms in total. The smallest absolute Gasteiger partial charge is 0.0900 e. The molecular formula is C11H18N2S. The Bertz CT molecular complexity index is 317. The average molecular weight is 210 g/mol. The van der Waals surface area contributed by atoms with Crippen molar-refractivity contribution in [2.24, 2.45) is 5.92 Å². The number of rotatable bonds is 2. The summed E-state index contributed by atoms with van der Waals surface area (Å²) in [5.41, 5.74) is 1.35. The fourth-order valence-corrected chi connectivity index (χ4v) is 3.07. The van der Waals surface area contributed by atoms with E-state index in [0.717, 1.165) is 18.9 Å². The van der Waals surface area contributed by atoms with Crippen molar-refractivity contribution in [3.8, 4) is 0 Å². The number of hydrogen-bond donors (Lipinski definition) is 0. The van der Waals surface area contributed by atoms with Gasteiger partial charge in [-0.3, -0.25) is 4.90 Å². The minimum atomic E-state index is 0.769. The van der Waals surface area contributed by atoms with Crippen molar-refractivity contribution in [3.63, 3.8) is 0 Å². The molecule has 1 aromatic rings. The van der Waals surface area contributed by atoms with Gasteiger partial charge in [0.15, 0.2) is 0 Å². The molecule has 0 aliphatic carbocycles. The van der Waals surface area contributed by atoms with Crippen LogP contribution >= 0.6 is 11.3 Å². The van der Waals surface area contributed by atoms with Gasteiger partial charge < -0.3 is 0 Å². The minimum Gasteiger partial charge on any atom is -0.298 e. The van der Waals surface area contributed by atoms with Gasteiger partial charge in [0.25, 0.3) is 0 Å². The minimum absolute atomic E-state index is 0.769. The molecule has 3 heteroatoms. The Balaban J connectivity index is 2.05. The summed E-state index contributed by atoms with van der Waals surface area (Å²) in [6, 6.07) is 0. The van der Waals surface area contributed by atoms with Gasteiger partial charge in [-0.05, 0) is 12.8 Å². The summed E-state index contributed by atoms with van der Waals surface area (Å²) in [7, 11) is 0. The Hall–Kier alpha value is -0.410.